The fourth-order valence-electron chi connectivity index (χ4n) is 4.93. The monoisotopic (exact) mass is 513 g/mol. The van der Waals surface area contributed by atoms with Gasteiger partial charge in [-0.05, 0) is 52.2 Å². The number of furan rings is 1. The number of pyridine rings is 2. The maximum atomic E-state index is 13.3. The molecule has 1 N–H and O–H groups in total. The van der Waals surface area contributed by atoms with Crippen LogP contribution in [0.4, 0.5) is 0 Å². The molecule has 5 heterocycles. The summed E-state index contributed by atoms with van der Waals surface area (Å²) in [5.41, 5.74) is 2.18. The molecule has 1 aliphatic heterocycles. The number of nitrogens with zero attached hydrogens (tertiary/aromatic N) is 6. The second kappa shape index (κ2) is 10.1. The normalized spacial score (nSPS) is 13.6. The fourth-order valence-corrected chi connectivity index (χ4v) is 4.93. The lowest BCUT2D eigenvalue weighted by Gasteiger charge is -2.33. The zero-order valence-corrected chi connectivity index (χ0v) is 21.1. The van der Waals surface area contributed by atoms with Crippen molar-refractivity contribution < 1.29 is 13.9 Å². The van der Waals surface area contributed by atoms with Crippen molar-refractivity contribution in [3.63, 3.8) is 0 Å². The van der Waals surface area contributed by atoms with E-state index in [0.717, 1.165) is 16.7 Å². The number of nitrogens with one attached hydrogen (secondary N) is 1. The van der Waals surface area contributed by atoms with Crippen LogP contribution in [0.15, 0.2) is 70.3 Å². The Kier molecular flexibility index (Phi) is 6.34. The van der Waals surface area contributed by atoms with Crippen molar-refractivity contribution in [2.75, 3.05) is 6.79 Å². The Morgan fingerprint density at radius 3 is 2.74 bits per heavy atom. The minimum absolute atomic E-state index is 0.126. The first-order valence-corrected chi connectivity index (χ1v) is 12.4. The fraction of sp³-hybridized carbons (Fsp3) is 0.296. The summed E-state index contributed by atoms with van der Waals surface area (Å²) in [5.74, 6) is 2.87. The highest BCUT2D eigenvalue weighted by molar-refractivity contribution is 5.83. The van der Waals surface area contributed by atoms with Gasteiger partial charge in [0.05, 0.1) is 17.8 Å². The summed E-state index contributed by atoms with van der Waals surface area (Å²) < 4.78 is 18.3. The number of rotatable bonds is 9. The van der Waals surface area contributed by atoms with Gasteiger partial charge in [0.1, 0.15) is 12.3 Å². The molecular formula is C27H27N7O4. The maximum absolute atomic E-state index is 13.3. The summed E-state index contributed by atoms with van der Waals surface area (Å²) in [7, 11) is 0. The molecule has 0 amide bonds. The van der Waals surface area contributed by atoms with Crippen LogP contribution in [0.3, 0.4) is 0 Å². The molecule has 0 saturated heterocycles. The zero-order valence-electron chi connectivity index (χ0n) is 21.1. The molecule has 0 saturated carbocycles. The summed E-state index contributed by atoms with van der Waals surface area (Å²) in [6.45, 7) is 5.73. The van der Waals surface area contributed by atoms with Crippen LogP contribution < -0.4 is 15.0 Å². The SMILES string of the molecule is CC(C)[C@@H](c1nnnn1Cc1ccco1)N(Cc1cccnc1)Cc1cc2cc3c(cc2[nH]c1=O)OCO3. The molecule has 1 aromatic carbocycles. The van der Waals surface area contributed by atoms with Gasteiger partial charge in [0.15, 0.2) is 17.3 Å². The van der Waals surface area contributed by atoms with Gasteiger partial charge in [0.25, 0.3) is 5.56 Å². The van der Waals surface area contributed by atoms with E-state index in [4.69, 9.17) is 13.9 Å². The molecule has 0 unspecified atom stereocenters. The van der Waals surface area contributed by atoms with Crippen LogP contribution in [0.5, 0.6) is 11.5 Å². The topological polar surface area (TPSA) is 124 Å². The van der Waals surface area contributed by atoms with Crippen LogP contribution >= 0.6 is 0 Å². The highest BCUT2D eigenvalue weighted by Crippen LogP contribution is 2.36. The Labute approximate surface area is 218 Å². The number of hydrogen-bond acceptors (Lipinski definition) is 9. The largest absolute Gasteiger partial charge is 0.467 e. The van der Waals surface area contributed by atoms with E-state index in [-0.39, 0.29) is 24.3 Å². The van der Waals surface area contributed by atoms with Crippen LogP contribution in [0.2, 0.25) is 0 Å². The minimum Gasteiger partial charge on any atom is -0.467 e. The Morgan fingerprint density at radius 1 is 1.11 bits per heavy atom. The second-order valence-electron chi connectivity index (χ2n) is 9.65. The predicted molar refractivity (Wildman–Crippen MR) is 137 cm³/mol. The Hall–Kier alpha value is -4.51. The molecule has 4 aromatic heterocycles. The zero-order chi connectivity index (χ0) is 26.1. The smallest absolute Gasteiger partial charge is 0.252 e. The van der Waals surface area contributed by atoms with Gasteiger partial charge in [-0.25, -0.2) is 4.68 Å². The molecule has 11 heteroatoms. The first kappa shape index (κ1) is 23.9. The molecule has 0 aliphatic carbocycles. The molecular weight excluding hydrogens is 486 g/mol. The number of fused-ring (bicyclic) bond motifs is 2. The summed E-state index contributed by atoms with van der Waals surface area (Å²) in [5, 5.41) is 13.5. The van der Waals surface area contributed by atoms with Crippen molar-refractivity contribution >= 4 is 10.9 Å². The van der Waals surface area contributed by atoms with Crippen LogP contribution in [-0.4, -0.2) is 41.9 Å². The summed E-state index contributed by atoms with van der Waals surface area (Å²) in [6, 6.07) is 13.1. The first-order valence-electron chi connectivity index (χ1n) is 12.4. The number of aromatic nitrogens is 6. The summed E-state index contributed by atoms with van der Waals surface area (Å²) >= 11 is 0. The van der Waals surface area contributed by atoms with E-state index in [1.165, 1.54) is 0 Å². The van der Waals surface area contributed by atoms with Crippen molar-refractivity contribution in [3.8, 4) is 11.5 Å². The standard InChI is InChI=1S/C27H27N7O4/c1-17(2)25(26-30-31-32-34(26)15-21-6-4-8-36-21)33(13-18-5-3-7-28-12-18)14-20-9-19-10-23-24(38-16-37-23)11-22(19)29-27(20)35/h3-12,17,25H,13-16H2,1-2H3,(H,29,35)/t25-/m0/s1. The molecule has 0 spiro atoms. The van der Waals surface area contributed by atoms with Gasteiger partial charge in [-0.3, -0.25) is 14.7 Å². The van der Waals surface area contributed by atoms with Gasteiger partial charge in [-0.2, -0.15) is 0 Å². The third-order valence-corrected chi connectivity index (χ3v) is 6.63. The molecule has 194 valence electrons. The highest BCUT2D eigenvalue weighted by atomic mass is 16.7. The lowest BCUT2D eigenvalue weighted by Crippen LogP contribution is -2.35. The third-order valence-electron chi connectivity index (χ3n) is 6.63. The molecule has 6 rings (SSSR count). The molecule has 38 heavy (non-hydrogen) atoms. The number of benzene rings is 1. The Bertz CT molecular complexity index is 1600. The van der Waals surface area contributed by atoms with E-state index in [2.05, 4.69) is 44.2 Å². The number of ether oxygens (including phenoxy) is 2. The van der Waals surface area contributed by atoms with E-state index >= 15 is 0 Å². The highest BCUT2D eigenvalue weighted by Gasteiger charge is 2.30. The lowest BCUT2D eigenvalue weighted by atomic mass is 9.99. The number of aromatic amines is 1. The third kappa shape index (κ3) is 4.75. The van der Waals surface area contributed by atoms with Crippen LogP contribution in [-0.2, 0) is 19.6 Å². The lowest BCUT2D eigenvalue weighted by molar-refractivity contribution is 0.125. The predicted octanol–water partition coefficient (Wildman–Crippen LogP) is 3.68. The Morgan fingerprint density at radius 2 is 1.97 bits per heavy atom. The average Bonchev–Trinajstić information content (AvgIpc) is 3.67. The quantitative estimate of drug-likeness (QED) is 0.314. The number of hydrogen-bond donors (Lipinski definition) is 1. The van der Waals surface area contributed by atoms with Crippen molar-refractivity contribution in [1.82, 2.24) is 35.1 Å². The van der Waals surface area contributed by atoms with E-state index < -0.39 is 0 Å². The van der Waals surface area contributed by atoms with Gasteiger partial charge < -0.3 is 18.9 Å². The minimum atomic E-state index is -0.202. The van der Waals surface area contributed by atoms with Crippen LogP contribution in [0.25, 0.3) is 10.9 Å². The number of H-pyrrole nitrogens is 1. The van der Waals surface area contributed by atoms with Crippen LogP contribution in [0, 0.1) is 5.92 Å². The first-order chi connectivity index (χ1) is 18.5. The van der Waals surface area contributed by atoms with E-state index in [1.807, 2.05) is 42.6 Å². The van der Waals surface area contributed by atoms with Gasteiger partial charge >= 0.3 is 0 Å². The Balaban J connectivity index is 1.39. The van der Waals surface area contributed by atoms with Crippen molar-refractivity contribution in [2.45, 2.75) is 39.5 Å². The maximum Gasteiger partial charge on any atom is 0.252 e. The van der Waals surface area contributed by atoms with Gasteiger partial charge in [0, 0.05) is 42.5 Å². The average molecular weight is 514 g/mol. The van der Waals surface area contributed by atoms with E-state index in [9.17, 15) is 4.79 Å². The van der Waals surface area contributed by atoms with E-state index in [1.54, 1.807) is 23.2 Å². The van der Waals surface area contributed by atoms with E-state index in [0.29, 0.717) is 48.0 Å². The van der Waals surface area contributed by atoms with Gasteiger partial charge in [-0.15, -0.1) is 5.10 Å². The number of tetrazole rings is 1. The van der Waals surface area contributed by atoms with Gasteiger partial charge in [-0.1, -0.05) is 19.9 Å². The van der Waals surface area contributed by atoms with Crippen molar-refractivity contribution in [3.05, 3.63) is 94.2 Å². The van der Waals surface area contributed by atoms with Crippen LogP contribution in [0.1, 0.15) is 42.6 Å². The summed E-state index contributed by atoms with van der Waals surface area (Å²) in [6.07, 6.45) is 5.21. The second-order valence-corrected chi connectivity index (χ2v) is 9.65. The molecule has 1 atom stereocenters. The van der Waals surface area contributed by atoms with Gasteiger partial charge in [0.2, 0.25) is 6.79 Å². The summed E-state index contributed by atoms with van der Waals surface area (Å²) in [4.78, 5) is 22.8. The molecule has 0 bridgehead atoms. The molecule has 0 fully saturated rings. The molecule has 0 radical (unpaired) electrons. The van der Waals surface area contributed by atoms with Crippen molar-refractivity contribution in [2.24, 2.45) is 5.92 Å². The molecule has 5 aromatic rings. The van der Waals surface area contributed by atoms with Crippen molar-refractivity contribution in [1.29, 1.82) is 0 Å². The molecule has 11 nitrogen and oxygen atoms in total. The molecule has 1 aliphatic rings.